The van der Waals surface area contributed by atoms with Crippen molar-refractivity contribution < 1.29 is 4.74 Å². The second-order valence-electron chi connectivity index (χ2n) is 4.29. The molecule has 16 heavy (non-hydrogen) atoms. The van der Waals surface area contributed by atoms with E-state index in [-0.39, 0.29) is 0 Å². The van der Waals surface area contributed by atoms with Crippen LogP contribution in [0.5, 0.6) is 0 Å². The van der Waals surface area contributed by atoms with E-state index in [0.717, 1.165) is 25.3 Å². The third kappa shape index (κ3) is 3.54. The molecular formula is C12H20N2OS. The van der Waals surface area contributed by atoms with Gasteiger partial charge in [0.25, 0.3) is 0 Å². The van der Waals surface area contributed by atoms with Gasteiger partial charge in [-0.05, 0) is 32.2 Å². The third-order valence-corrected chi connectivity index (χ3v) is 3.75. The van der Waals surface area contributed by atoms with Crippen molar-refractivity contribution in [1.29, 1.82) is 0 Å². The Morgan fingerprint density at radius 2 is 2.56 bits per heavy atom. The fourth-order valence-electron chi connectivity index (χ4n) is 1.95. The summed E-state index contributed by atoms with van der Waals surface area (Å²) >= 11 is 1.75. The van der Waals surface area contributed by atoms with E-state index in [1.807, 2.05) is 0 Å². The Bertz CT molecular complexity index is 308. The SMILES string of the molecule is CCCc1nc(COCC2CCCN2)cs1. The topological polar surface area (TPSA) is 34.1 Å². The lowest BCUT2D eigenvalue weighted by molar-refractivity contribution is 0.101. The lowest BCUT2D eigenvalue weighted by Gasteiger charge is -2.09. The minimum Gasteiger partial charge on any atom is -0.374 e. The van der Waals surface area contributed by atoms with Gasteiger partial charge >= 0.3 is 0 Å². The molecule has 0 spiro atoms. The van der Waals surface area contributed by atoms with Crippen LogP contribution in [0.3, 0.4) is 0 Å². The number of aromatic nitrogens is 1. The average molecular weight is 240 g/mol. The normalized spacial score (nSPS) is 20.4. The van der Waals surface area contributed by atoms with Gasteiger partial charge < -0.3 is 10.1 Å². The monoisotopic (exact) mass is 240 g/mol. The van der Waals surface area contributed by atoms with E-state index in [0.29, 0.717) is 12.6 Å². The lowest BCUT2D eigenvalue weighted by atomic mass is 10.2. The number of ether oxygens (including phenoxy) is 1. The quantitative estimate of drug-likeness (QED) is 0.829. The van der Waals surface area contributed by atoms with Crippen LogP contribution in [0.1, 0.15) is 36.9 Å². The van der Waals surface area contributed by atoms with Crippen LogP contribution in [0.15, 0.2) is 5.38 Å². The standard InChI is InChI=1S/C12H20N2OS/c1-2-4-12-14-11(9-16-12)8-15-7-10-5-3-6-13-10/h9-10,13H,2-8H2,1H3. The average Bonchev–Trinajstić information content (AvgIpc) is 2.90. The zero-order valence-electron chi connectivity index (χ0n) is 9.87. The highest BCUT2D eigenvalue weighted by Crippen LogP contribution is 2.13. The molecular weight excluding hydrogens is 220 g/mol. The molecule has 3 nitrogen and oxygen atoms in total. The Morgan fingerprint density at radius 1 is 1.62 bits per heavy atom. The predicted molar refractivity (Wildman–Crippen MR) is 66.8 cm³/mol. The Labute approximate surface area is 101 Å². The van der Waals surface area contributed by atoms with Crippen molar-refractivity contribution in [2.75, 3.05) is 13.2 Å². The van der Waals surface area contributed by atoms with Crippen LogP contribution >= 0.6 is 11.3 Å². The van der Waals surface area contributed by atoms with E-state index in [9.17, 15) is 0 Å². The number of rotatable bonds is 6. The molecule has 1 N–H and O–H groups in total. The minimum atomic E-state index is 0.564. The maximum atomic E-state index is 5.68. The van der Waals surface area contributed by atoms with Crippen LogP contribution in [0.4, 0.5) is 0 Å². The fraction of sp³-hybridized carbons (Fsp3) is 0.750. The van der Waals surface area contributed by atoms with E-state index in [1.54, 1.807) is 11.3 Å². The van der Waals surface area contributed by atoms with E-state index in [1.165, 1.54) is 24.3 Å². The smallest absolute Gasteiger partial charge is 0.0929 e. The van der Waals surface area contributed by atoms with Gasteiger partial charge in [0.15, 0.2) is 0 Å². The van der Waals surface area contributed by atoms with Crippen molar-refractivity contribution in [3.63, 3.8) is 0 Å². The van der Waals surface area contributed by atoms with Crippen molar-refractivity contribution in [3.8, 4) is 0 Å². The van der Waals surface area contributed by atoms with Gasteiger partial charge in [0.1, 0.15) is 0 Å². The van der Waals surface area contributed by atoms with Gasteiger partial charge in [0.05, 0.1) is 23.9 Å². The molecule has 1 atom stereocenters. The zero-order chi connectivity index (χ0) is 11.2. The molecule has 1 unspecified atom stereocenters. The Hall–Kier alpha value is -0.450. The second kappa shape index (κ2) is 6.33. The number of aryl methyl sites for hydroxylation is 1. The summed E-state index contributed by atoms with van der Waals surface area (Å²) in [5.74, 6) is 0. The Balaban J connectivity index is 1.67. The van der Waals surface area contributed by atoms with Crippen LogP contribution in [0, 0.1) is 0 Å². The predicted octanol–water partition coefficient (Wildman–Crippen LogP) is 2.36. The van der Waals surface area contributed by atoms with Gasteiger partial charge in [0.2, 0.25) is 0 Å². The van der Waals surface area contributed by atoms with Crippen LogP contribution < -0.4 is 5.32 Å². The summed E-state index contributed by atoms with van der Waals surface area (Å²) in [5, 5.41) is 6.78. The molecule has 1 fully saturated rings. The summed E-state index contributed by atoms with van der Waals surface area (Å²) in [5.41, 5.74) is 1.09. The molecule has 1 saturated heterocycles. The van der Waals surface area contributed by atoms with Crippen LogP contribution in [0.2, 0.25) is 0 Å². The molecule has 90 valence electrons. The van der Waals surface area contributed by atoms with E-state index >= 15 is 0 Å². The van der Waals surface area contributed by atoms with Gasteiger partial charge in [-0.15, -0.1) is 11.3 Å². The summed E-state index contributed by atoms with van der Waals surface area (Å²) in [6, 6.07) is 0.564. The van der Waals surface area contributed by atoms with Gasteiger partial charge in [-0.25, -0.2) is 4.98 Å². The molecule has 0 amide bonds. The van der Waals surface area contributed by atoms with E-state index < -0.39 is 0 Å². The molecule has 0 bridgehead atoms. The molecule has 4 heteroatoms. The number of hydrogen-bond donors (Lipinski definition) is 1. The summed E-state index contributed by atoms with van der Waals surface area (Å²) in [7, 11) is 0. The summed E-state index contributed by atoms with van der Waals surface area (Å²) in [6.07, 6.45) is 4.79. The first kappa shape index (κ1) is 12.0. The summed E-state index contributed by atoms with van der Waals surface area (Å²) in [6.45, 7) is 4.81. The van der Waals surface area contributed by atoms with Crippen molar-refractivity contribution in [1.82, 2.24) is 10.3 Å². The molecule has 0 radical (unpaired) electrons. The highest BCUT2D eigenvalue weighted by molar-refractivity contribution is 7.09. The fourth-order valence-corrected chi connectivity index (χ4v) is 2.83. The highest BCUT2D eigenvalue weighted by atomic mass is 32.1. The van der Waals surface area contributed by atoms with Crippen molar-refractivity contribution in [2.45, 2.75) is 45.3 Å². The maximum Gasteiger partial charge on any atom is 0.0929 e. The Morgan fingerprint density at radius 3 is 3.31 bits per heavy atom. The lowest BCUT2D eigenvalue weighted by Crippen LogP contribution is -2.26. The molecule has 1 aromatic rings. The Kier molecular flexibility index (Phi) is 4.75. The van der Waals surface area contributed by atoms with Crippen molar-refractivity contribution >= 4 is 11.3 Å². The molecule has 0 aliphatic carbocycles. The molecule has 1 aromatic heterocycles. The molecule has 2 heterocycles. The minimum absolute atomic E-state index is 0.564. The molecule has 1 aliphatic rings. The van der Waals surface area contributed by atoms with Crippen molar-refractivity contribution in [2.24, 2.45) is 0 Å². The van der Waals surface area contributed by atoms with Gasteiger partial charge in [0, 0.05) is 11.4 Å². The molecule has 2 rings (SSSR count). The molecule has 1 aliphatic heterocycles. The zero-order valence-corrected chi connectivity index (χ0v) is 10.7. The second-order valence-corrected chi connectivity index (χ2v) is 5.23. The van der Waals surface area contributed by atoms with Gasteiger partial charge in [-0.2, -0.15) is 0 Å². The number of nitrogens with zero attached hydrogens (tertiary/aromatic N) is 1. The largest absolute Gasteiger partial charge is 0.374 e. The van der Waals surface area contributed by atoms with Crippen molar-refractivity contribution in [3.05, 3.63) is 16.1 Å². The van der Waals surface area contributed by atoms with Crippen LogP contribution in [-0.2, 0) is 17.8 Å². The van der Waals surface area contributed by atoms with Crippen LogP contribution in [-0.4, -0.2) is 24.2 Å². The number of nitrogens with one attached hydrogen (secondary N) is 1. The van der Waals surface area contributed by atoms with E-state index in [2.05, 4.69) is 22.6 Å². The van der Waals surface area contributed by atoms with Gasteiger partial charge in [-0.1, -0.05) is 6.92 Å². The molecule has 0 aromatic carbocycles. The summed E-state index contributed by atoms with van der Waals surface area (Å²) in [4.78, 5) is 4.54. The van der Waals surface area contributed by atoms with E-state index in [4.69, 9.17) is 4.74 Å². The highest BCUT2D eigenvalue weighted by Gasteiger charge is 2.13. The first-order valence-corrected chi connectivity index (χ1v) is 7.01. The maximum absolute atomic E-state index is 5.68. The summed E-state index contributed by atoms with van der Waals surface area (Å²) < 4.78 is 5.68. The first-order valence-electron chi connectivity index (χ1n) is 6.13. The van der Waals surface area contributed by atoms with Crippen LogP contribution in [0.25, 0.3) is 0 Å². The first-order chi connectivity index (χ1) is 7.88. The van der Waals surface area contributed by atoms with Gasteiger partial charge in [-0.3, -0.25) is 0 Å². The molecule has 0 saturated carbocycles. The number of hydrogen-bond acceptors (Lipinski definition) is 4. The third-order valence-electron chi connectivity index (χ3n) is 2.79. The number of thiazole rings is 1.